The van der Waals surface area contributed by atoms with E-state index in [9.17, 15) is 9.59 Å². The van der Waals surface area contributed by atoms with Crippen LogP contribution in [0.25, 0.3) is 0 Å². The predicted molar refractivity (Wildman–Crippen MR) is 127 cm³/mol. The summed E-state index contributed by atoms with van der Waals surface area (Å²) in [7, 11) is 0. The van der Waals surface area contributed by atoms with Crippen LogP contribution in [0.2, 0.25) is 0 Å². The lowest BCUT2D eigenvalue weighted by Crippen LogP contribution is -2.49. The van der Waals surface area contributed by atoms with E-state index in [1.807, 2.05) is 66.0 Å². The minimum Gasteiger partial charge on any atom is -0.484 e. The molecule has 0 radical (unpaired) electrons. The molecule has 2 N–H and O–H groups in total. The molecular weight excluding hydrogens is 428 g/mol. The number of nitrogens with one attached hydrogen (secondary N) is 2. The average Bonchev–Trinajstić information content (AvgIpc) is 3.63. The van der Waals surface area contributed by atoms with Crippen molar-refractivity contribution in [1.82, 2.24) is 10.6 Å². The van der Waals surface area contributed by atoms with Gasteiger partial charge >= 0.3 is 0 Å². The van der Waals surface area contributed by atoms with Crippen molar-refractivity contribution in [2.45, 2.75) is 42.3 Å². The van der Waals surface area contributed by atoms with Gasteiger partial charge in [-0.25, -0.2) is 0 Å². The van der Waals surface area contributed by atoms with Crippen molar-refractivity contribution in [3.05, 3.63) is 65.7 Å². The Morgan fingerprint density at radius 2 is 1.71 bits per heavy atom. The molecule has 1 saturated carbocycles. The maximum atomic E-state index is 12.6. The summed E-state index contributed by atoms with van der Waals surface area (Å²) in [6.45, 7) is -0.117. The Morgan fingerprint density at radius 1 is 1.00 bits per heavy atom. The summed E-state index contributed by atoms with van der Waals surface area (Å²) in [6.07, 6.45) is 3.74. The van der Waals surface area contributed by atoms with E-state index < -0.39 is 6.04 Å². The van der Waals surface area contributed by atoms with E-state index in [1.54, 1.807) is 0 Å². The van der Waals surface area contributed by atoms with Crippen molar-refractivity contribution in [3.8, 4) is 5.75 Å². The topological polar surface area (TPSA) is 67.4 Å². The second kappa shape index (κ2) is 11.0. The van der Waals surface area contributed by atoms with Gasteiger partial charge in [0.15, 0.2) is 6.61 Å². The van der Waals surface area contributed by atoms with Crippen molar-refractivity contribution in [2.24, 2.45) is 0 Å². The molecule has 31 heavy (non-hydrogen) atoms. The van der Waals surface area contributed by atoms with Crippen LogP contribution < -0.4 is 15.4 Å². The molecule has 2 fully saturated rings. The van der Waals surface area contributed by atoms with Crippen LogP contribution in [0.5, 0.6) is 5.75 Å². The first-order chi connectivity index (χ1) is 15.2. The summed E-state index contributed by atoms with van der Waals surface area (Å²) in [5, 5.41) is 5.84. The molecule has 1 aliphatic carbocycles. The third kappa shape index (κ3) is 6.94. The largest absolute Gasteiger partial charge is 0.484 e. The molecule has 1 atom stereocenters. The van der Waals surface area contributed by atoms with E-state index in [4.69, 9.17) is 4.74 Å². The first-order valence-electron chi connectivity index (χ1n) is 10.8. The first-order valence-corrected chi connectivity index (χ1v) is 12.9. The number of hydrogen-bond acceptors (Lipinski definition) is 5. The molecule has 0 aromatic heterocycles. The summed E-state index contributed by atoms with van der Waals surface area (Å²) in [5.41, 5.74) is 2.29. The Kier molecular flexibility index (Phi) is 7.81. The minimum atomic E-state index is -0.609. The maximum Gasteiger partial charge on any atom is 0.258 e. The van der Waals surface area contributed by atoms with E-state index in [0.717, 1.165) is 18.4 Å². The van der Waals surface area contributed by atoms with Crippen molar-refractivity contribution in [1.29, 1.82) is 0 Å². The van der Waals surface area contributed by atoms with Crippen LogP contribution >= 0.6 is 23.5 Å². The van der Waals surface area contributed by atoms with Crippen molar-refractivity contribution in [2.75, 3.05) is 18.1 Å². The number of benzene rings is 2. The lowest BCUT2D eigenvalue weighted by atomic mass is 10.1. The van der Waals surface area contributed by atoms with Crippen LogP contribution in [0.15, 0.2) is 54.6 Å². The van der Waals surface area contributed by atoms with Gasteiger partial charge < -0.3 is 15.4 Å². The number of carbonyl (C=O) groups is 2. The number of hydrogen-bond donors (Lipinski definition) is 2. The fraction of sp³-hybridized carbons (Fsp3) is 0.417. The van der Waals surface area contributed by atoms with E-state index in [1.165, 1.54) is 23.5 Å². The fourth-order valence-corrected chi connectivity index (χ4v) is 6.27. The van der Waals surface area contributed by atoms with Gasteiger partial charge in [0, 0.05) is 12.5 Å². The Bertz CT molecular complexity index is 866. The molecule has 2 amide bonds. The van der Waals surface area contributed by atoms with Crippen LogP contribution in [-0.2, 0) is 16.0 Å². The third-order valence-electron chi connectivity index (χ3n) is 5.21. The maximum absolute atomic E-state index is 12.6. The molecular formula is C24H28N2O3S2. The Balaban J connectivity index is 1.30. The zero-order valence-corrected chi connectivity index (χ0v) is 19.1. The number of amides is 2. The predicted octanol–water partition coefficient (Wildman–Crippen LogP) is 3.94. The van der Waals surface area contributed by atoms with Gasteiger partial charge in [0.2, 0.25) is 5.91 Å². The summed E-state index contributed by atoms with van der Waals surface area (Å²) >= 11 is 3.96. The molecule has 0 spiro atoms. The highest BCUT2D eigenvalue weighted by Crippen LogP contribution is 2.43. The highest BCUT2D eigenvalue weighted by molar-refractivity contribution is 8.16. The van der Waals surface area contributed by atoms with E-state index >= 15 is 0 Å². The third-order valence-corrected chi connectivity index (χ3v) is 8.22. The second-order valence-corrected chi connectivity index (χ2v) is 10.6. The smallest absolute Gasteiger partial charge is 0.258 e. The van der Waals surface area contributed by atoms with Crippen LogP contribution in [0.3, 0.4) is 0 Å². The van der Waals surface area contributed by atoms with Gasteiger partial charge in [0.1, 0.15) is 11.8 Å². The molecule has 7 heteroatoms. The molecule has 2 aliphatic rings. The van der Waals surface area contributed by atoms with Gasteiger partial charge in [0.05, 0.1) is 4.58 Å². The molecule has 2 aromatic carbocycles. The van der Waals surface area contributed by atoms with Gasteiger partial charge in [-0.3, -0.25) is 9.59 Å². The van der Waals surface area contributed by atoms with Crippen molar-refractivity contribution in [3.63, 3.8) is 0 Å². The van der Waals surface area contributed by atoms with Crippen molar-refractivity contribution < 1.29 is 14.3 Å². The highest BCUT2D eigenvalue weighted by atomic mass is 32.2. The molecule has 164 valence electrons. The zero-order valence-electron chi connectivity index (χ0n) is 17.4. The second-order valence-electron chi connectivity index (χ2n) is 7.88. The summed E-state index contributed by atoms with van der Waals surface area (Å²) in [5.74, 6) is 2.64. The molecule has 2 aromatic rings. The van der Waals surface area contributed by atoms with Gasteiger partial charge in [-0.1, -0.05) is 42.5 Å². The van der Waals surface area contributed by atoms with Crippen molar-refractivity contribution >= 4 is 35.3 Å². The molecule has 0 bridgehead atoms. The minimum absolute atomic E-state index is 0.117. The number of thioether (sulfide) groups is 2. The zero-order chi connectivity index (χ0) is 21.5. The lowest BCUT2D eigenvalue weighted by Gasteiger charge is -2.21. The normalized spacial score (nSPS) is 17.5. The summed E-state index contributed by atoms with van der Waals surface area (Å²) < 4.78 is 6.16. The lowest BCUT2D eigenvalue weighted by molar-refractivity contribution is -0.130. The summed E-state index contributed by atoms with van der Waals surface area (Å²) in [4.78, 5) is 25.1. The standard InChI is InChI=1S/C24H28N2O3S2/c27-22(16-29-20-11-7-18(8-12-20)24-30-13-4-14-31-24)26-21(23(28)25-19-9-10-19)15-17-5-2-1-3-6-17/h1-3,5-8,11-12,19,21,24H,4,9-10,13-16H2,(H,25,28)(H,26,27). The Hall–Kier alpha value is -2.12. The monoisotopic (exact) mass is 456 g/mol. The Morgan fingerprint density at radius 3 is 2.39 bits per heavy atom. The van der Waals surface area contributed by atoms with Crippen LogP contribution in [0, 0.1) is 0 Å². The number of carbonyl (C=O) groups excluding carboxylic acids is 2. The highest BCUT2D eigenvalue weighted by Gasteiger charge is 2.28. The van der Waals surface area contributed by atoms with E-state index in [2.05, 4.69) is 22.8 Å². The van der Waals surface area contributed by atoms with Gasteiger partial charge in [0.25, 0.3) is 5.91 Å². The van der Waals surface area contributed by atoms with E-state index in [-0.39, 0.29) is 24.5 Å². The summed E-state index contributed by atoms with van der Waals surface area (Å²) in [6, 6.07) is 17.4. The van der Waals surface area contributed by atoms with Crippen LogP contribution in [0.4, 0.5) is 0 Å². The molecule has 1 aliphatic heterocycles. The van der Waals surface area contributed by atoms with Crippen LogP contribution in [0.1, 0.15) is 35.0 Å². The average molecular weight is 457 g/mol. The van der Waals surface area contributed by atoms with Gasteiger partial charge in [-0.15, -0.1) is 23.5 Å². The van der Waals surface area contributed by atoms with Gasteiger partial charge in [-0.2, -0.15) is 0 Å². The van der Waals surface area contributed by atoms with Gasteiger partial charge in [-0.05, 0) is 54.0 Å². The molecule has 1 heterocycles. The van der Waals surface area contributed by atoms with E-state index in [0.29, 0.717) is 16.8 Å². The molecule has 1 unspecified atom stereocenters. The molecule has 5 nitrogen and oxygen atoms in total. The SMILES string of the molecule is O=C(COc1ccc(C2SCCCS2)cc1)NC(Cc1ccccc1)C(=O)NC1CC1. The molecule has 4 rings (SSSR count). The fourth-order valence-electron chi connectivity index (χ4n) is 3.37. The first kappa shape index (κ1) is 22.1. The quantitative estimate of drug-likeness (QED) is 0.598. The van der Waals surface area contributed by atoms with Crippen LogP contribution in [-0.4, -0.2) is 42.0 Å². The Labute approximate surface area is 192 Å². The molecule has 1 saturated heterocycles. The number of ether oxygens (including phenoxy) is 1. The number of rotatable bonds is 9.